The molecule has 77 heavy (non-hydrogen) atoms. The molecule has 0 aromatic heterocycles. The van der Waals surface area contributed by atoms with Crippen molar-refractivity contribution in [1.29, 1.82) is 0 Å². The number of rotatable bonds is 61. The predicted molar refractivity (Wildman–Crippen MR) is 334 cm³/mol. The Hall–Kier alpha value is -1.80. The standard InChI is InChI=1S/C68H129N2O6P/c1-6-8-10-12-14-16-18-20-22-24-26-28-30-31-32-33-34-35-36-37-38-39-40-42-44-46-48-50-52-54-56-58-60-62-68(72)69-66(65-76-77(73,74)75-64-63-70(3,4)5)67(71)61-59-57-55-53-51-49-47-45-43-41-29-27-25-23-21-19-17-15-13-11-9-7-2/h26,28,31-32,43,45,51,53,59,61,66-67,71H,6-25,27,29-30,33-42,44,46-50,52,54-58,60,62-65H2,1-5H3,(H-,69,72,73,74)/b28-26-,32-31-,45-43+,53-51+,61-59+. The SMILES string of the molecule is CCCCCCCCCCC/C=C\C/C=C\CCCCCCCCCCCCCCCCCCCC(=O)NC(COP(=O)([O-])OCC[N+](C)(C)C)C(O)/C=C/CC/C=C/CC/C=C/CCCCCCCCCCCCCC. The van der Waals surface area contributed by atoms with Gasteiger partial charge in [0.05, 0.1) is 39.9 Å². The van der Waals surface area contributed by atoms with Gasteiger partial charge in [0.15, 0.2) is 0 Å². The molecule has 0 fully saturated rings. The average Bonchev–Trinajstić information content (AvgIpc) is 3.39. The van der Waals surface area contributed by atoms with Gasteiger partial charge in [0, 0.05) is 6.42 Å². The summed E-state index contributed by atoms with van der Waals surface area (Å²) in [6.07, 6.45) is 80.5. The van der Waals surface area contributed by atoms with Crippen molar-refractivity contribution in [1.82, 2.24) is 5.32 Å². The molecule has 9 heteroatoms. The van der Waals surface area contributed by atoms with Crippen molar-refractivity contribution in [3.8, 4) is 0 Å². The number of unbranched alkanes of at least 4 members (excludes halogenated alkanes) is 40. The van der Waals surface area contributed by atoms with Gasteiger partial charge in [-0.3, -0.25) is 9.36 Å². The lowest BCUT2D eigenvalue weighted by atomic mass is 10.0. The zero-order chi connectivity index (χ0) is 56.3. The molecule has 1 amide bonds. The maximum Gasteiger partial charge on any atom is 0.268 e. The van der Waals surface area contributed by atoms with Crippen LogP contribution in [0.3, 0.4) is 0 Å². The molecular weight excluding hydrogens is 972 g/mol. The maximum absolute atomic E-state index is 13.0. The predicted octanol–water partition coefficient (Wildman–Crippen LogP) is 20.2. The first kappa shape index (κ1) is 75.2. The molecule has 0 bridgehead atoms. The maximum atomic E-state index is 13.0. The lowest BCUT2D eigenvalue weighted by molar-refractivity contribution is -0.870. The third-order valence-electron chi connectivity index (χ3n) is 14.9. The number of amides is 1. The van der Waals surface area contributed by atoms with Gasteiger partial charge in [0.2, 0.25) is 5.91 Å². The third-order valence-corrected chi connectivity index (χ3v) is 15.9. The summed E-state index contributed by atoms with van der Waals surface area (Å²) in [5.74, 6) is -0.208. The topological polar surface area (TPSA) is 108 Å². The van der Waals surface area contributed by atoms with Crippen LogP contribution in [0.25, 0.3) is 0 Å². The minimum Gasteiger partial charge on any atom is -0.756 e. The first-order chi connectivity index (χ1) is 37.5. The Balaban J connectivity index is 4.11. The third kappa shape index (κ3) is 61.7. The normalized spacial score (nSPS) is 14.1. The van der Waals surface area contributed by atoms with E-state index < -0.39 is 26.6 Å². The Morgan fingerprint density at radius 3 is 1.13 bits per heavy atom. The van der Waals surface area contributed by atoms with Crippen LogP contribution in [0, 0.1) is 0 Å². The summed E-state index contributed by atoms with van der Waals surface area (Å²) < 4.78 is 23.4. The number of phosphoric ester groups is 1. The number of quaternary nitrogens is 1. The molecule has 0 aliphatic heterocycles. The molecule has 0 saturated carbocycles. The van der Waals surface area contributed by atoms with Gasteiger partial charge in [-0.25, -0.2) is 0 Å². The number of nitrogens with one attached hydrogen (secondary N) is 1. The van der Waals surface area contributed by atoms with Gasteiger partial charge in [-0.1, -0.05) is 293 Å². The number of carbonyl (C=O) groups is 1. The van der Waals surface area contributed by atoms with Gasteiger partial charge >= 0.3 is 0 Å². The van der Waals surface area contributed by atoms with Crippen LogP contribution >= 0.6 is 7.82 Å². The summed E-state index contributed by atoms with van der Waals surface area (Å²) in [6, 6.07) is -0.912. The fourth-order valence-electron chi connectivity index (χ4n) is 9.75. The number of aliphatic hydroxyl groups excluding tert-OH is 1. The molecule has 3 atom stereocenters. The van der Waals surface area contributed by atoms with Crippen molar-refractivity contribution in [3.05, 3.63) is 60.8 Å². The minimum atomic E-state index is -4.61. The van der Waals surface area contributed by atoms with Crippen LogP contribution in [-0.2, 0) is 18.4 Å². The van der Waals surface area contributed by atoms with E-state index in [-0.39, 0.29) is 12.5 Å². The van der Waals surface area contributed by atoms with Gasteiger partial charge in [-0.15, -0.1) is 0 Å². The molecule has 0 radical (unpaired) electrons. The second-order valence-electron chi connectivity index (χ2n) is 23.8. The van der Waals surface area contributed by atoms with E-state index in [1.807, 2.05) is 27.2 Å². The number of likely N-dealkylation sites (N-methyl/N-ethyl adjacent to an activating group) is 1. The van der Waals surface area contributed by atoms with Gasteiger partial charge in [-0.05, 0) is 77.0 Å². The molecule has 0 aliphatic rings. The van der Waals surface area contributed by atoms with Crippen molar-refractivity contribution in [3.63, 3.8) is 0 Å². The molecule has 0 aromatic rings. The Bertz CT molecular complexity index is 1440. The quantitative estimate of drug-likeness (QED) is 0.0272. The zero-order valence-corrected chi connectivity index (χ0v) is 52.6. The Morgan fingerprint density at radius 2 is 0.766 bits per heavy atom. The molecule has 0 rings (SSSR count). The molecule has 452 valence electrons. The van der Waals surface area contributed by atoms with E-state index >= 15 is 0 Å². The molecule has 0 aliphatic carbocycles. The molecule has 0 aromatic carbocycles. The molecule has 8 nitrogen and oxygen atoms in total. The van der Waals surface area contributed by atoms with E-state index in [4.69, 9.17) is 9.05 Å². The van der Waals surface area contributed by atoms with Crippen molar-refractivity contribution in [2.24, 2.45) is 0 Å². The number of hydrogen-bond acceptors (Lipinski definition) is 6. The number of allylic oxidation sites excluding steroid dienone is 9. The second kappa shape index (κ2) is 58.8. The number of aliphatic hydroxyl groups is 1. The fraction of sp³-hybridized carbons (Fsp3) is 0.838. The smallest absolute Gasteiger partial charge is 0.268 e. The van der Waals surface area contributed by atoms with Crippen LogP contribution < -0.4 is 10.2 Å². The van der Waals surface area contributed by atoms with Crippen LogP contribution in [0.1, 0.15) is 316 Å². The summed E-state index contributed by atoms with van der Waals surface area (Å²) in [4.78, 5) is 25.6. The molecule has 0 spiro atoms. The Morgan fingerprint density at radius 1 is 0.455 bits per heavy atom. The lowest BCUT2D eigenvalue weighted by Crippen LogP contribution is -2.45. The van der Waals surface area contributed by atoms with E-state index in [0.717, 1.165) is 51.4 Å². The van der Waals surface area contributed by atoms with Gasteiger partial charge in [-0.2, -0.15) is 0 Å². The van der Waals surface area contributed by atoms with Gasteiger partial charge in [0.1, 0.15) is 13.2 Å². The number of carbonyl (C=O) groups excluding carboxylic acids is 1. The fourth-order valence-corrected chi connectivity index (χ4v) is 10.5. The number of hydrogen-bond donors (Lipinski definition) is 2. The van der Waals surface area contributed by atoms with Crippen LogP contribution in [0.2, 0.25) is 0 Å². The van der Waals surface area contributed by atoms with Crippen LogP contribution in [0.15, 0.2) is 60.8 Å². The number of nitrogens with zero attached hydrogens (tertiary/aromatic N) is 1. The molecular formula is C68H129N2O6P. The highest BCUT2D eigenvalue weighted by Crippen LogP contribution is 2.38. The zero-order valence-electron chi connectivity index (χ0n) is 51.7. The van der Waals surface area contributed by atoms with E-state index in [2.05, 4.69) is 67.8 Å². The minimum absolute atomic E-state index is 0.00942. The highest BCUT2D eigenvalue weighted by atomic mass is 31.2. The Labute approximate surface area is 479 Å². The Kier molecular flexibility index (Phi) is 57.5. The highest BCUT2D eigenvalue weighted by molar-refractivity contribution is 7.45. The largest absolute Gasteiger partial charge is 0.756 e. The molecule has 0 heterocycles. The first-order valence-corrected chi connectivity index (χ1v) is 34.6. The highest BCUT2D eigenvalue weighted by Gasteiger charge is 2.23. The first-order valence-electron chi connectivity index (χ1n) is 33.2. The number of phosphoric acid groups is 1. The summed E-state index contributed by atoms with van der Waals surface area (Å²) in [5.41, 5.74) is 0. The molecule has 3 unspecified atom stereocenters. The van der Waals surface area contributed by atoms with Gasteiger partial charge < -0.3 is 28.8 Å². The van der Waals surface area contributed by atoms with Crippen LogP contribution in [0.4, 0.5) is 0 Å². The van der Waals surface area contributed by atoms with Crippen LogP contribution in [-0.4, -0.2) is 68.5 Å². The summed E-state index contributed by atoms with van der Waals surface area (Å²) in [5, 5.41) is 13.9. The lowest BCUT2D eigenvalue weighted by Gasteiger charge is -2.29. The van der Waals surface area contributed by atoms with Crippen molar-refractivity contribution < 1.29 is 32.9 Å². The molecule has 0 saturated heterocycles. The van der Waals surface area contributed by atoms with Crippen molar-refractivity contribution >= 4 is 13.7 Å². The van der Waals surface area contributed by atoms with Crippen molar-refractivity contribution in [2.45, 2.75) is 328 Å². The van der Waals surface area contributed by atoms with Gasteiger partial charge in [0.25, 0.3) is 7.82 Å². The van der Waals surface area contributed by atoms with E-state index in [1.165, 1.54) is 244 Å². The van der Waals surface area contributed by atoms with Crippen LogP contribution in [0.5, 0.6) is 0 Å². The average molecular weight is 1100 g/mol. The summed E-state index contributed by atoms with van der Waals surface area (Å²) in [7, 11) is 1.24. The molecule has 2 N–H and O–H groups in total. The van der Waals surface area contributed by atoms with E-state index in [0.29, 0.717) is 17.4 Å². The van der Waals surface area contributed by atoms with E-state index in [1.54, 1.807) is 6.08 Å². The van der Waals surface area contributed by atoms with E-state index in [9.17, 15) is 19.4 Å². The van der Waals surface area contributed by atoms with Crippen molar-refractivity contribution in [2.75, 3.05) is 40.9 Å². The summed E-state index contributed by atoms with van der Waals surface area (Å²) in [6.45, 7) is 4.65. The monoisotopic (exact) mass is 1100 g/mol. The summed E-state index contributed by atoms with van der Waals surface area (Å²) >= 11 is 0. The second-order valence-corrected chi connectivity index (χ2v) is 25.2.